The molecule has 29 heavy (non-hydrogen) atoms. The standard InChI is InChI=1S/C20H18ClN7O/c21-13-5-6-15-12(7-13)9-17(23-15)20(29)24-16-8-11-3-1-2-4-14(11)19(16)22-10-18-25-27-28-26-18/h1-7,9,16,19,22-23H,8,10H2,(H,24,29)(H,25,26,27,28)/t16-,19-/m1/s1. The van der Waals surface area contributed by atoms with Crippen molar-refractivity contribution in [2.45, 2.75) is 25.0 Å². The first-order chi connectivity index (χ1) is 14.2. The smallest absolute Gasteiger partial charge is 0.268 e. The van der Waals surface area contributed by atoms with Crippen molar-refractivity contribution in [1.29, 1.82) is 0 Å². The Hall–Kier alpha value is -3.23. The number of carbonyl (C=O) groups excluding carboxylic acids is 1. The van der Waals surface area contributed by atoms with E-state index in [-0.39, 0.29) is 18.0 Å². The maximum absolute atomic E-state index is 12.9. The summed E-state index contributed by atoms with van der Waals surface area (Å²) in [5, 5.41) is 22.0. The molecule has 2 atom stereocenters. The number of H-pyrrole nitrogens is 2. The van der Waals surface area contributed by atoms with Gasteiger partial charge in [-0.1, -0.05) is 35.9 Å². The molecule has 146 valence electrons. The van der Waals surface area contributed by atoms with Crippen LogP contribution in [0.1, 0.15) is 33.5 Å². The largest absolute Gasteiger partial charge is 0.351 e. The lowest BCUT2D eigenvalue weighted by Gasteiger charge is -2.22. The number of hydrogen-bond donors (Lipinski definition) is 4. The Morgan fingerprint density at radius 3 is 2.97 bits per heavy atom. The second-order valence-corrected chi connectivity index (χ2v) is 7.54. The number of tetrazole rings is 1. The van der Waals surface area contributed by atoms with Gasteiger partial charge in [0, 0.05) is 15.9 Å². The van der Waals surface area contributed by atoms with Gasteiger partial charge in [0.15, 0.2) is 5.82 Å². The first kappa shape index (κ1) is 17.8. The third-order valence-corrected chi connectivity index (χ3v) is 5.49. The van der Waals surface area contributed by atoms with E-state index in [1.54, 1.807) is 6.07 Å². The van der Waals surface area contributed by atoms with Crippen molar-refractivity contribution < 1.29 is 4.79 Å². The molecule has 0 spiro atoms. The molecule has 4 aromatic rings. The topological polar surface area (TPSA) is 111 Å². The number of carbonyl (C=O) groups is 1. The molecule has 2 aromatic heterocycles. The van der Waals surface area contributed by atoms with Gasteiger partial charge in [-0.15, -0.1) is 5.10 Å². The number of aromatic nitrogens is 5. The molecule has 0 saturated carbocycles. The number of fused-ring (bicyclic) bond motifs is 2. The highest BCUT2D eigenvalue weighted by atomic mass is 35.5. The summed E-state index contributed by atoms with van der Waals surface area (Å²) in [4.78, 5) is 16.1. The molecule has 1 aliphatic carbocycles. The molecule has 0 aliphatic heterocycles. The van der Waals surface area contributed by atoms with Gasteiger partial charge in [-0.25, -0.2) is 5.10 Å². The van der Waals surface area contributed by atoms with Crippen molar-refractivity contribution in [3.8, 4) is 0 Å². The number of amides is 1. The monoisotopic (exact) mass is 407 g/mol. The summed E-state index contributed by atoms with van der Waals surface area (Å²) >= 11 is 6.05. The maximum Gasteiger partial charge on any atom is 0.268 e. The van der Waals surface area contributed by atoms with Gasteiger partial charge in [0.1, 0.15) is 5.69 Å². The Kier molecular flexibility index (Phi) is 4.49. The summed E-state index contributed by atoms with van der Waals surface area (Å²) in [6, 6.07) is 15.4. The van der Waals surface area contributed by atoms with Crippen LogP contribution in [0.4, 0.5) is 0 Å². The molecule has 0 radical (unpaired) electrons. The Bertz CT molecular complexity index is 1170. The van der Waals surface area contributed by atoms with Crippen molar-refractivity contribution in [1.82, 2.24) is 36.2 Å². The van der Waals surface area contributed by atoms with Gasteiger partial charge in [-0.3, -0.25) is 4.79 Å². The van der Waals surface area contributed by atoms with Gasteiger partial charge >= 0.3 is 0 Å². The molecule has 4 N–H and O–H groups in total. The van der Waals surface area contributed by atoms with Gasteiger partial charge < -0.3 is 15.6 Å². The summed E-state index contributed by atoms with van der Waals surface area (Å²) in [5.74, 6) is 0.496. The van der Waals surface area contributed by atoms with Crippen LogP contribution in [-0.2, 0) is 13.0 Å². The molecule has 0 saturated heterocycles. The Labute approximate surface area is 171 Å². The zero-order valence-corrected chi connectivity index (χ0v) is 16.1. The SMILES string of the molecule is O=C(N[C@@H]1Cc2ccccc2[C@H]1NCc1nnn[nH]1)c1cc2cc(Cl)ccc2[nH]1. The van der Waals surface area contributed by atoms with Gasteiger partial charge in [0.05, 0.1) is 18.6 Å². The number of rotatable bonds is 5. The third-order valence-electron chi connectivity index (χ3n) is 5.25. The summed E-state index contributed by atoms with van der Waals surface area (Å²) in [6.45, 7) is 0.475. The van der Waals surface area contributed by atoms with Crippen LogP contribution in [-0.4, -0.2) is 37.6 Å². The molecule has 8 nitrogen and oxygen atoms in total. The van der Waals surface area contributed by atoms with Crippen LogP contribution in [0.3, 0.4) is 0 Å². The summed E-state index contributed by atoms with van der Waals surface area (Å²) in [5.41, 5.74) is 3.78. The zero-order valence-electron chi connectivity index (χ0n) is 15.3. The minimum absolute atomic E-state index is 0.0425. The lowest BCUT2D eigenvalue weighted by molar-refractivity contribution is 0.0925. The fourth-order valence-corrected chi connectivity index (χ4v) is 4.09. The van der Waals surface area contributed by atoms with Crippen molar-refractivity contribution in [2.24, 2.45) is 0 Å². The van der Waals surface area contributed by atoms with Crippen LogP contribution in [0.5, 0.6) is 0 Å². The molecule has 0 bridgehead atoms. The van der Waals surface area contributed by atoms with Crippen LogP contribution in [0.2, 0.25) is 5.02 Å². The van der Waals surface area contributed by atoms with Crippen molar-refractivity contribution in [3.05, 3.63) is 76.2 Å². The highest BCUT2D eigenvalue weighted by Crippen LogP contribution is 2.32. The maximum atomic E-state index is 12.9. The van der Waals surface area contributed by atoms with Crippen LogP contribution in [0.15, 0.2) is 48.5 Å². The minimum atomic E-state index is -0.150. The molecule has 0 fully saturated rings. The fourth-order valence-electron chi connectivity index (χ4n) is 3.91. The quantitative estimate of drug-likeness (QED) is 0.406. The fraction of sp³-hybridized carbons (Fsp3) is 0.200. The van der Waals surface area contributed by atoms with E-state index < -0.39 is 0 Å². The molecular formula is C20H18ClN7O. The van der Waals surface area contributed by atoms with Crippen molar-refractivity contribution >= 4 is 28.4 Å². The molecule has 5 rings (SSSR count). The van der Waals surface area contributed by atoms with E-state index in [2.05, 4.69) is 48.4 Å². The van der Waals surface area contributed by atoms with E-state index >= 15 is 0 Å². The van der Waals surface area contributed by atoms with E-state index in [1.165, 1.54) is 11.1 Å². The number of nitrogens with zero attached hydrogens (tertiary/aromatic N) is 3. The third kappa shape index (κ3) is 3.48. The number of nitrogens with one attached hydrogen (secondary N) is 4. The van der Waals surface area contributed by atoms with E-state index in [4.69, 9.17) is 11.6 Å². The number of hydrogen-bond acceptors (Lipinski definition) is 5. The van der Waals surface area contributed by atoms with Gasteiger partial charge in [-0.2, -0.15) is 0 Å². The van der Waals surface area contributed by atoms with E-state index in [1.807, 2.05) is 30.3 Å². The predicted octanol–water partition coefficient (Wildman–Crippen LogP) is 2.52. The Morgan fingerprint density at radius 2 is 2.10 bits per heavy atom. The normalized spacial score (nSPS) is 18.1. The number of aromatic amines is 2. The summed E-state index contributed by atoms with van der Waals surface area (Å²) in [6.07, 6.45) is 0.750. The van der Waals surface area contributed by atoms with Crippen LogP contribution >= 0.6 is 11.6 Å². The first-order valence-electron chi connectivity index (χ1n) is 9.30. The van der Waals surface area contributed by atoms with Gasteiger partial charge in [0.2, 0.25) is 0 Å². The van der Waals surface area contributed by atoms with Crippen LogP contribution < -0.4 is 10.6 Å². The molecule has 0 unspecified atom stereocenters. The molecular weight excluding hydrogens is 390 g/mol. The zero-order chi connectivity index (χ0) is 19.8. The second kappa shape index (κ2) is 7.31. The van der Waals surface area contributed by atoms with Gasteiger partial charge in [-0.05, 0) is 52.2 Å². The average molecular weight is 408 g/mol. The lowest BCUT2D eigenvalue weighted by atomic mass is 10.1. The van der Waals surface area contributed by atoms with E-state index in [0.717, 1.165) is 17.3 Å². The Balaban J connectivity index is 1.37. The van der Waals surface area contributed by atoms with Crippen LogP contribution in [0.25, 0.3) is 10.9 Å². The van der Waals surface area contributed by atoms with E-state index in [9.17, 15) is 4.79 Å². The number of benzene rings is 2. The second-order valence-electron chi connectivity index (χ2n) is 7.10. The molecule has 2 heterocycles. The van der Waals surface area contributed by atoms with Crippen LogP contribution in [0, 0.1) is 0 Å². The molecule has 2 aromatic carbocycles. The van der Waals surface area contributed by atoms with Crippen molar-refractivity contribution in [3.63, 3.8) is 0 Å². The number of halogens is 1. The summed E-state index contributed by atoms with van der Waals surface area (Å²) in [7, 11) is 0. The Morgan fingerprint density at radius 1 is 1.21 bits per heavy atom. The van der Waals surface area contributed by atoms with Gasteiger partial charge in [0.25, 0.3) is 5.91 Å². The first-order valence-corrected chi connectivity index (χ1v) is 9.68. The lowest BCUT2D eigenvalue weighted by Crippen LogP contribution is -2.42. The van der Waals surface area contributed by atoms with E-state index in [0.29, 0.717) is 23.1 Å². The molecule has 1 amide bonds. The van der Waals surface area contributed by atoms with Crippen molar-refractivity contribution in [2.75, 3.05) is 0 Å². The minimum Gasteiger partial charge on any atom is -0.351 e. The molecule has 9 heteroatoms. The predicted molar refractivity (Wildman–Crippen MR) is 108 cm³/mol. The summed E-state index contributed by atoms with van der Waals surface area (Å²) < 4.78 is 0. The highest BCUT2D eigenvalue weighted by molar-refractivity contribution is 6.31. The average Bonchev–Trinajstić information content (AvgIpc) is 3.44. The highest BCUT2D eigenvalue weighted by Gasteiger charge is 2.33. The molecule has 1 aliphatic rings.